The van der Waals surface area contributed by atoms with Crippen LogP contribution in [0.2, 0.25) is 0 Å². The molecule has 0 amide bonds. The molecule has 0 N–H and O–H groups in total. The van der Waals surface area contributed by atoms with Crippen LogP contribution in [-0.2, 0) is 26.2 Å². The van der Waals surface area contributed by atoms with E-state index < -0.39 is 0 Å². The molecule has 17 heavy (non-hydrogen) atoms. The van der Waals surface area contributed by atoms with Gasteiger partial charge < -0.3 is 24.8 Å². The first kappa shape index (κ1) is 20.0. The van der Waals surface area contributed by atoms with Crippen molar-refractivity contribution < 1.29 is 51.0 Å². The van der Waals surface area contributed by atoms with Gasteiger partial charge in [0.05, 0.1) is 0 Å². The second-order valence-electron chi connectivity index (χ2n) is 3.92. The third-order valence-corrected chi connectivity index (χ3v) is 6.04. The molecule has 0 aliphatic heterocycles. The summed E-state index contributed by atoms with van der Waals surface area (Å²) in [5.41, 5.74) is 3.01. The molecule has 0 aromatic carbocycles. The van der Waals surface area contributed by atoms with Gasteiger partial charge in [0.1, 0.15) is 0 Å². The van der Waals surface area contributed by atoms with Crippen LogP contribution in [0.1, 0.15) is 28.1 Å². The van der Waals surface area contributed by atoms with Crippen LogP contribution in [0.4, 0.5) is 0 Å². The summed E-state index contributed by atoms with van der Waals surface area (Å²) in [6.45, 7) is 9.05. The summed E-state index contributed by atoms with van der Waals surface area (Å²) in [5.74, 6) is 0. The monoisotopic (exact) mass is 363 g/mol. The maximum atomic E-state index is 3.47. The minimum atomic E-state index is -0.169. The van der Waals surface area contributed by atoms with E-state index in [1.165, 1.54) is 16.4 Å². The number of halogens is 2. The maximum absolute atomic E-state index is 3.47. The summed E-state index contributed by atoms with van der Waals surface area (Å²) in [6, 6.07) is 0. The summed E-state index contributed by atoms with van der Waals surface area (Å²) in [6.07, 6.45) is 8.94. The van der Waals surface area contributed by atoms with Gasteiger partial charge in [0, 0.05) is 0 Å². The van der Waals surface area contributed by atoms with Gasteiger partial charge in [-0.05, 0) is 49.4 Å². The van der Waals surface area contributed by atoms with Gasteiger partial charge in [0.2, 0.25) is 0 Å². The van der Waals surface area contributed by atoms with Crippen molar-refractivity contribution in [3.05, 3.63) is 39.9 Å². The Morgan fingerprint density at radius 2 is 1.47 bits per heavy atom. The minimum absolute atomic E-state index is 0. The predicted molar refractivity (Wildman–Crippen MR) is 64.8 cm³/mol. The topological polar surface area (TPSA) is 0 Å². The van der Waals surface area contributed by atoms with E-state index in [0.29, 0.717) is 0 Å². The molecule has 91 valence electrons. The van der Waals surface area contributed by atoms with Crippen LogP contribution in [-0.4, -0.2) is 0 Å². The van der Waals surface area contributed by atoms with Crippen LogP contribution in [0.15, 0.2) is 12.2 Å². The largest absolute Gasteiger partial charge is 3.00 e. The molecule has 1 aliphatic carbocycles. The van der Waals surface area contributed by atoms with Gasteiger partial charge in [-0.2, -0.15) is 11.4 Å². The van der Waals surface area contributed by atoms with Crippen molar-refractivity contribution in [2.45, 2.75) is 34.1 Å². The van der Waals surface area contributed by atoms with Crippen molar-refractivity contribution >= 4 is 12.8 Å². The Hall–Kier alpha value is 0.723. The first-order valence-corrected chi connectivity index (χ1v) is 6.40. The summed E-state index contributed by atoms with van der Waals surface area (Å²) < 4.78 is 0. The number of hydrogen-bond acceptors (Lipinski definition) is 0. The summed E-state index contributed by atoms with van der Waals surface area (Å²) in [5, 5.41) is 4.58. The van der Waals surface area contributed by atoms with E-state index in [4.69, 9.17) is 0 Å². The van der Waals surface area contributed by atoms with Crippen LogP contribution in [0.25, 0.3) is 5.31 Å². The molecule has 0 nitrogen and oxygen atoms in total. The molecule has 0 atom stereocenters. The summed E-state index contributed by atoms with van der Waals surface area (Å²) >= 11 is 0. The second-order valence-corrected chi connectivity index (χ2v) is 6.42. The maximum Gasteiger partial charge on any atom is 3.00 e. The number of hydrogen-bond donors (Lipinski definition) is 0. The van der Waals surface area contributed by atoms with Crippen molar-refractivity contribution in [2.24, 2.45) is 0 Å². The Labute approximate surface area is 137 Å². The van der Waals surface area contributed by atoms with Gasteiger partial charge in [0.15, 0.2) is 0 Å². The Bertz CT molecular complexity index is 419. The van der Waals surface area contributed by atoms with Crippen molar-refractivity contribution in [3.63, 3.8) is 0 Å². The molecule has 2 rings (SSSR count). The van der Waals surface area contributed by atoms with Crippen LogP contribution in [0, 0.1) is 33.8 Å². The zero-order valence-corrected chi connectivity index (χ0v) is 15.4. The molecule has 4 heteroatoms. The van der Waals surface area contributed by atoms with E-state index in [1.54, 1.807) is 10.6 Å². The third-order valence-electron chi connectivity index (χ3n) is 3.24. The average Bonchev–Trinajstić information content (AvgIpc) is 2.73. The molecule has 1 aromatic rings. The van der Waals surface area contributed by atoms with Crippen LogP contribution >= 0.6 is 7.53 Å². The normalized spacial score (nSPS) is 12.4. The third kappa shape index (κ3) is 3.60. The molecule has 1 radical (unpaired) electrons. The first-order chi connectivity index (χ1) is 6.63. The smallest absolute Gasteiger partial charge is 1.00 e. The molecule has 0 fully saturated rings. The van der Waals surface area contributed by atoms with E-state index in [2.05, 4.69) is 45.9 Å². The molecule has 1 aromatic heterocycles. The molecule has 0 saturated heterocycles. The van der Waals surface area contributed by atoms with Gasteiger partial charge in [-0.3, -0.25) is 6.08 Å². The number of allylic oxidation sites excluding steroid dienone is 4. The zero-order chi connectivity index (χ0) is 10.3. The summed E-state index contributed by atoms with van der Waals surface area (Å²) in [7, 11) is -0.169. The second kappa shape index (κ2) is 8.01. The van der Waals surface area contributed by atoms with Gasteiger partial charge in [-0.15, -0.1) is 14.0 Å². The summed E-state index contributed by atoms with van der Waals surface area (Å²) in [4.78, 5) is 0. The molecule has 0 unspecified atom stereocenters. The quantitative estimate of drug-likeness (QED) is 0.533. The fourth-order valence-corrected chi connectivity index (χ4v) is 4.77. The van der Waals surface area contributed by atoms with Gasteiger partial charge in [0.25, 0.3) is 0 Å². The Morgan fingerprint density at radius 3 is 1.82 bits per heavy atom. The molecule has 0 saturated carbocycles. The Balaban J connectivity index is 0. The molecule has 1 heterocycles. The average molecular weight is 365 g/mol. The van der Waals surface area contributed by atoms with E-state index in [-0.39, 0.29) is 58.6 Å². The van der Waals surface area contributed by atoms with E-state index in [9.17, 15) is 0 Å². The van der Waals surface area contributed by atoms with E-state index >= 15 is 0 Å². The van der Waals surface area contributed by atoms with Crippen LogP contribution in [0.5, 0.6) is 0 Å². The zero-order valence-electron chi connectivity index (χ0n) is 10.6. The first-order valence-electron chi connectivity index (χ1n) is 5.05. The molecular formula is C13H16Cl2PZr. The van der Waals surface area contributed by atoms with Crippen molar-refractivity contribution in [1.82, 2.24) is 0 Å². The van der Waals surface area contributed by atoms with E-state index in [1.807, 2.05) is 0 Å². The van der Waals surface area contributed by atoms with Crippen molar-refractivity contribution in [1.29, 1.82) is 0 Å². The fraction of sp³-hybridized carbons (Fsp3) is 0.385. The molecule has 1 aliphatic rings. The molecule has 0 spiro atoms. The van der Waals surface area contributed by atoms with E-state index in [0.717, 1.165) is 6.42 Å². The molecular weight excluding hydrogens is 349 g/mol. The van der Waals surface area contributed by atoms with Gasteiger partial charge in [-0.1, -0.05) is 0 Å². The molecule has 0 bridgehead atoms. The number of rotatable bonds is 1. The minimum Gasteiger partial charge on any atom is -1.00 e. The predicted octanol–water partition coefficient (Wildman–Crippen LogP) is -1.48. The van der Waals surface area contributed by atoms with Crippen molar-refractivity contribution in [2.75, 3.05) is 0 Å². The fourth-order valence-electron chi connectivity index (χ4n) is 2.04. The Kier molecular flexibility index (Phi) is 9.44. The Morgan fingerprint density at radius 1 is 1.00 bits per heavy atom. The standard InChI is InChI=1S/C13H16P.2ClH.Zr/c1-9-10(2)12(4)14(11(9)3)13-7-5-6-8-13;;;/h5,7H,6H2,1-4H3;2*1H;/q-1;;;+3/p-2. The van der Waals surface area contributed by atoms with Crippen molar-refractivity contribution in [3.8, 4) is 0 Å². The van der Waals surface area contributed by atoms with Crippen LogP contribution in [0.3, 0.4) is 0 Å². The van der Waals surface area contributed by atoms with Gasteiger partial charge >= 0.3 is 26.2 Å². The SMILES string of the molecule is Cc1c(C)c(C)p(C2=[C-]CC=C2)c1C.[Cl-].[Cl-].[Zr+3]. The van der Waals surface area contributed by atoms with Crippen LogP contribution < -0.4 is 24.8 Å². The van der Waals surface area contributed by atoms with Gasteiger partial charge in [-0.25, -0.2) is 6.08 Å².